The SMILES string of the molecule is CSCC(C)CNC(=O)CC(C)(C)CC(=O)O. The van der Waals surface area contributed by atoms with E-state index in [-0.39, 0.29) is 18.7 Å². The Labute approximate surface area is 108 Å². The second-order valence-electron chi connectivity index (χ2n) is 5.28. The minimum Gasteiger partial charge on any atom is -0.481 e. The van der Waals surface area contributed by atoms with Crippen LogP contribution in [0.1, 0.15) is 33.6 Å². The third kappa shape index (κ3) is 9.03. The smallest absolute Gasteiger partial charge is 0.303 e. The number of thioether (sulfide) groups is 1. The predicted molar refractivity (Wildman–Crippen MR) is 71.2 cm³/mol. The Morgan fingerprint density at radius 1 is 1.35 bits per heavy atom. The molecule has 0 aromatic heterocycles. The summed E-state index contributed by atoms with van der Waals surface area (Å²) in [5.74, 6) is 0.526. The normalized spacial score (nSPS) is 13.2. The molecule has 4 nitrogen and oxygen atoms in total. The van der Waals surface area contributed by atoms with E-state index in [9.17, 15) is 9.59 Å². The number of rotatable bonds is 8. The summed E-state index contributed by atoms with van der Waals surface area (Å²) in [6.45, 7) is 6.33. The molecule has 0 aliphatic heterocycles. The summed E-state index contributed by atoms with van der Waals surface area (Å²) in [6, 6.07) is 0. The van der Waals surface area contributed by atoms with Crippen molar-refractivity contribution in [3.63, 3.8) is 0 Å². The lowest BCUT2D eigenvalue weighted by Crippen LogP contribution is -2.33. The maximum absolute atomic E-state index is 11.6. The molecule has 1 unspecified atom stereocenters. The first-order valence-electron chi connectivity index (χ1n) is 5.74. The number of aliphatic carboxylic acids is 1. The van der Waals surface area contributed by atoms with E-state index >= 15 is 0 Å². The van der Waals surface area contributed by atoms with Crippen LogP contribution in [0.4, 0.5) is 0 Å². The fraction of sp³-hybridized carbons (Fsp3) is 0.833. The zero-order valence-corrected chi connectivity index (χ0v) is 11.9. The Kier molecular flexibility index (Phi) is 7.27. The highest BCUT2D eigenvalue weighted by atomic mass is 32.2. The van der Waals surface area contributed by atoms with Crippen molar-refractivity contribution in [1.82, 2.24) is 5.32 Å². The molecule has 0 spiro atoms. The molecule has 1 amide bonds. The summed E-state index contributed by atoms with van der Waals surface area (Å²) in [7, 11) is 0. The number of carbonyl (C=O) groups is 2. The molecule has 0 heterocycles. The lowest BCUT2D eigenvalue weighted by molar-refractivity contribution is -0.139. The summed E-state index contributed by atoms with van der Waals surface area (Å²) in [5.41, 5.74) is -0.487. The van der Waals surface area contributed by atoms with E-state index in [0.29, 0.717) is 12.5 Å². The number of carboxylic acids is 1. The molecule has 0 aliphatic carbocycles. The highest BCUT2D eigenvalue weighted by Gasteiger charge is 2.25. The van der Waals surface area contributed by atoms with E-state index in [2.05, 4.69) is 12.2 Å². The van der Waals surface area contributed by atoms with Gasteiger partial charge >= 0.3 is 5.97 Å². The number of hydrogen-bond donors (Lipinski definition) is 2. The zero-order chi connectivity index (χ0) is 13.5. The summed E-state index contributed by atoms with van der Waals surface area (Å²) in [4.78, 5) is 22.3. The molecule has 0 aromatic rings. The second-order valence-corrected chi connectivity index (χ2v) is 6.19. The third-order valence-electron chi connectivity index (χ3n) is 2.37. The van der Waals surface area contributed by atoms with Gasteiger partial charge in [-0.25, -0.2) is 0 Å². The lowest BCUT2D eigenvalue weighted by Gasteiger charge is -2.22. The quantitative estimate of drug-likeness (QED) is 0.701. The summed E-state index contributed by atoms with van der Waals surface area (Å²) in [5, 5.41) is 11.6. The standard InChI is InChI=1S/C12H23NO3S/c1-9(8-17-4)7-13-10(14)5-12(2,3)6-11(15)16/h9H,5-8H2,1-4H3,(H,13,14)(H,15,16). The minimum absolute atomic E-state index is 0.0147. The van der Waals surface area contributed by atoms with Crippen molar-refractivity contribution in [2.75, 3.05) is 18.6 Å². The largest absolute Gasteiger partial charge is 0.481 e. The van der Waals surface area contributed by atoms with Gasteiger partial charge in [0.05, 0.1) is 6.42 Å². The molecule has 0 aromatic carbocycles. The average molecular weight is 261 g/mol. The van der Waals surface area contributed by atoms with Crippen LogP contribution in [0.2, 0.25) is 0 Å². The molecule has 0 saturated carbocycles. The van der Waals surface area contributed by atoms with Gasteiger partial charge in [-0.2, -0.15) is 11.8 Å². The van der Waals surface area contributed by atoms with Crippen LogP contribution >= 0.6 is 11.8 Å². The average Bonchev–Trinajstić information content (AvgIpc) is 2.12. The number of hydrogen-bond acceptors (Lipinski definition) is 3. The van der Waals surface area contributed by atoms with Crippen molar-refractivity contribution in [2.45, 2.75) is 33.6 Å². The maximum Gasteiger partial charge on any atom is 0.303 e. The minimum atomic E-state index is -0.862. The Balaban J connectivity index is 3.96. The Bertz CT molecular complexity index is 266. The molecule has 0 bridgehead atoms. The highest BCUT2D eigenvalue weighted by molar-refractivity contribution is 7.98. The van der Waals surface area contributed by atoms with E-state index in [1.54, 1.807) is 25.6 Å². The van der Waals surface area contributed by atoms with Gasteiger partial charge in [-0.05, 0) is 23.3 Å². The van der Waals surface area contributed by atoms with Crippen LogP contribution in [-0.4, -0.2) is 35.5 Å². The van der Waals surface area contributed by atoms with Gasteiger partial charge in [-0.3, -0.25) is 9.59 Å². The van der Waals surface area contributed by atoms with Crippen molar-refractivity contribution >= 4 is 23.6 Å². The topological polar surface area (TPSA) is 66.4 Å². The van der Waals surface area contributed by atoms with Crippen LogP contribution in [0.5, 0.6) is 0 Å². The maximum atomic E-state index is 11.6. The molecular formula is C12H23NO3S. The van der Waals surface area contributed by atoms with Gasteiger partial charge in [-0.15, -0.1) is 0 Å². The van der Waals surface area contributed by atoms with Gasteiger partial charge in [-0.1, -0.05) is 20.8 Å². The molecule has 0 rings (SSSR count). The number of nitrogens with one attached hydrogen (secondary N) is 1. The first-order chi connectivity index (χ1) is 7.76. The molecular weight excluding hydrogens is 238 g/mol. The van der Waals surface area contributed by atoms with Crippen molar-refractivity contribution in [1.29, 1.82) is 0 Å². The van der Waals surface area contributed by atoms with Crippen molar-refractivity contribution in [3.05, 3.63) is 0 Å². The van der Waals surface area contributed by atoms with Gasteiger partial charge in [0.2, 0.25) is 5.91 Å². The fourth-order valence-electron chi connectivity index (χ4n) is 1.60. The molecule has 2 N–H and O–H groups in total. The zero-order valence-electron chi connectivity index (χ0n) is 11.1. The van der Waals surface area contributed by atoms with Crippen molar-refractivity contribution in [3.8, 4) is 0 Å². The number of carbonyl (C=O) groups excluding carboxylic acids is 1. The number of amides is 1. The highest BCUT2D eigenvalue weighted by Crippen LogP contribution is 2.24. The Hall–Kier alpha value is -0.710. The molecule has 0 fully saturated rings. The van der Waals surface area contributed by atoms with E-state index in [1.807, 2.05) is 6.26 Å². The molecule has 0 aliphatic rings. The van der Waals surface area contributed by atoms with E-state index in [1.165, 1.54) is 0 Å². The van der Waals surface area contributed by atoms with Crippen molar-refractivity contribution in [2.24, 2.45) is 11.3 Å². The fourth-order valence-corrected chi connectivity index (χ4v) is 2.29. The van der Waals surface area contributed by atoms with Gasteiger partial charge in [0.15, 0.2) is 0 Å². The first kappa shape index (κ1) is 16.3. The monoisotopic (exact) mass is 261 g/mol. The molecule has 5 heteroatoms. The van der Waals surface area contributed by atoms with Gasteiger partial charge < -0.3 is 10.4 Å². The molecule has 1 atom stereocenters. The summed E-state index contributed by atoms with van der Waals surface area (Å²) in [6.07, 6.45) is 2.31. The number of carboxylic acid groups (broad SMARTS) is 1. The Morgan fingerprint density at radius 2 is 1.94 bits per heavy atom. The third-order valence-corrected chi connectivity index (χ3v) is 3.27. The molecule has 0 saturated heterocycles. The molecule has 100 valence electrons. The van der Waals surface area contributed by atoms with Crippen LogP contribution in [0.15, 0.2) is 0 Å². The summed E-state index contributed by atoms with van der Waals surface area (Å²) >= 11 is 1.75. The lowest BCUT2D eigenvalue weighted by atomic mass is 9.85. The first-order valence-corrected chi connectivity index (χ1v) is 7.13. The van der Waals surface area contributed by atoms with Crippen LogP contribution in [-0.2, 0) is 9.59 Å². The Morgan fingerprint density at radius 3 is 2.41 bits per heavy atom. The second kappa shape index (κ2) is 7.58. The van der Waals surface area contributed by atoms with Crippen LogP contribution in [0, 0.1) is 11.3 Å². The van der Waals surface area contributed by atoms with E-state index in [0.717, 1.165) is 5.75 Å². The molecule has 0 radical (unpaired) electrons. The van der Waals surface area contributed by atoms with Gasteiger partial charge in [0.1, 0.15) is 0 Å². The van der Waals surface area contributed by atoms with Crippen LogP contribution < -0.4 is 5.32 Å². The van der Waals surface area contributed by atoms with Crippen LogP contribution in [0.25, 0.3) is 0 Å². The van der Waals surface area contributed by atoms with E-state index < -0.39 is 11.4 Å². The summed E-state index contributed by atoms with van der Waals surface area (Å²) < 4.78 is 0. The molecule has 17 heavy (non-hydrogen) atoms. The van der Waals surface area contributed by atoms with E-state index in [4.69, 9.17) is 5.11 Å². The predicted octanol–water partition coefficient (Wildman–Crippen LogP) is 1.99. The van der Waals surface area contributed by atoms with Crippen molar-refractivity contribution < 1.29 is 14.7 Å². The van der Waals surface area contributed by atoms with Gasteiger partial charge in [0, 0.05) is 13.0 Å². The van der Waals surface area contributed by atoms with Gasteiger partial charge in [0.25, 0.3) is 0 Å². The van der Waals surface area contributed by atoms with Crippen LogP contribution in [0.3, 0.4) is 0 Å².